The number of aromatic nitrogens is 2. The zero-order valence-electron chi connectivity index (χ0n) is 11.1. The Morgan fingerprint density at radius 3 is 2.63 bits per heavy atom. The standard InChI is InChI=1S/C14H18BrN3O/c1-10(2)18-14(12(15)8-17-18)13(16)9-19-11-6-4-3-5-7-11/h3-8,10,13H,9,16H2,1-2H3. The molecule has 0 bridgehead atoms. The van der Waals surface area contributed by atoms with Crippen LogP contribution in [0.3, 0.4) is 0 Å². The van der Waals surface area contributed by atoms with E-state index in [0.29, 0.717) is 6.61 Å². The number of nitrogens with zero attached hydrogens (tertiary/aromatic N) is 2. The topological polar surface area (TPSA) is 53.1 Å². The molecule has 0 radical (unpaired) electrons. The Bertz CT molecular complexity index is 525. The second-order valence-corrected chi connectivity index (χ2v) is 5.50. The van der Waals surface area contributed by atoms with Gasteiger partial charge in [-0.25, -0.2) is 0 Å². The number of hydrogen-bond donors (Lipinski definition) is 1. The van der Waals surface area contributed by atoms with Gasteiger partial charge in [-0.15, -0.1) is 0 Å². The molecule has 102 valence electrons. The second-order valence-electron chi connectivity index (χ2n) is 4.65. The molecule has 1 aromatic carbocycles. The molecule has 0 aliphatic heterocycles. The summed E-state index contributed by atoms with van der Waals surface area (Å²) in [5, 5.41) is 4.33. The van der Waals surface area contributed by atoms with Crippen molar-refractivity contribution >= 4 is 15.9 Å². The van der Waals surface area contributed by atoms with Crippen LogP contribution in [-0.4, -0.2) is 16.4 Å². The maximum Gasteiger partial charge on any atom is 0.119 e. The summed E-state index contributed by atoms with van der Waals surface area (Å²) < 4.78 is 8.54. The molecule has 0 aliphatic carbocycles. The molecule has 0 spiro atoms. The number of ether oxygens (including phenoxy) is 1. The molecule has 0 saturated carbocycles. The van der Waals surface area contributed by atoms with E-state index in [1.54, 1.807) is 6.20 Å². The first-order valence-electron chi connectivity index (χ1n) is 6.26. The van der Waals surface area contributed by atoms with Crippen LogP contribution in [0.15, 0.2) is 41.0 Å². The van der Waals surface area contributed by atoms with E-state index >= 15 is 0 Å². The minimum absolute atomic E-state index is 0.223. The third-order valence-electron chi connectivity index (χ3n) is 2.80. The van der Waals surface area contributed by atoms with Crippen LogP contribution in [-0.2, 0) is 0 Å². The molecule has 0 saturated heterocycles. The lowest BCUT2D eigenvalue weighted by atomic mass is 10.2. The van der Waals surface area contributed by atoms with Gasteiger partial charge in [-0.1, -0.05) is 18.2 Å². The van der Waals surface area contributed by atoms with Gasteiger partial charge in [-0.3, -0.25) is 4.68 Å². The van der Waals surface area contributed by atoms with Gasteiger partial charge >= 0.3 is 0 Å². The normalized spacial score (nSPS) is 12.7. The highest BCUT2D eigenvalue weighted by Gasteiger charge is 2.18. The number of halogens is 1. The monoisotopic (exact) mass is 323 g/mol. The minimum Gasteiger partial charge on any atom is -0.492 e. The van der Waals surface area contributed by atoms with Gasteiger partial charge in [0.25, 0.3) is 0 Å². The highest BCUT2D eigenvalue weighted by atomic mass is 79.9. The van der Waals surface area contributed by atoms with Crippen LogP contribution < -0.4 is 10.5 Å². The lowest BCUT2D eigenvalue weighted by molar-refractivity contribution is 0.281. The Kier molecular flexibility index (Phi) is 4.61. The summed E-state index contributed by atoms with van der Waals surface area (Å²) in [7, 11) is 0. The SMILES string of the molecule is CC(C)n1ncc(Br)c1C(N)COc1ccccc1. The van der Waals surface area contributed by atoms with Crippen molar-refractivity contribution in [2.75, 3.05) is 6.61 Å². The molecule has 0 fully saturated rings. The zero-order valence-corrected chi connectivity index (χ0v) is 12.7. The molecule has 2 aromatic rings. The molecule has 4 nitrogen and oxygen atoms in total. The number of hydrogen-bond acceptors (Lipinski definition) is 3. The fourth-order valence-corrected chi connectivity index (χ4v) is 2.46. The third-order valence-corrected chi connectivity index (χ3v) is 3.41. The Balaban J connectivity index is 2.08. The lowest BCUT2D eigenvalue weighted by Crippen LogP contribution is -2.24. The summed E-state index contributed by atoms with van der Waals surface area (Å²) in [6.07, 6.45) is 1.78. The van der Waals surface area contributed by atoms with E-state index in [2.05, 4.69) is 34.9 Å². The van der Waals surface area contributed by atoms with Crippen molar-refractivity contribution in [2.45, 2.75) is 25.9 Å². The van der Waals surface area contributed by atoms with E-state index in [4.69, 9.17) is 10.5 Å². The van der Waals surface area contributed by atoms with E-state index in [9.17, 15) is 0 Å². The molecule has 0 amide bonds. The van der Waals surface area contributed by atoms with Crippen LogP contribution in [0.4, 0.5) is 0 Å². The molecule has 2 N–H and O–H groups in total. The molecular weight excluding hydrogens is 306 g/mol. The Morgan fingerprint density at radius 1 is 1.32 bits per heavy atom. The summed E-state index contributed by atoms with van der Waals surface area (Å²) in [5.74, 6) is 0.824. The quantitative estimate of drug-likeness (QED) is 0.918. The van der Waals surface area contributed by atoms with Crippen molar-refractivity contribution in [1.29, 1.82) is 0 Å². The van der Waals surface area contributed by atoms with Gasteiger partial charge in [0.2, 0.25) is 0 Å². The number of nitrogens with two attached hydrogens (primary N) is 1. The maximum absolute atomic E-state index is 6.21. The van der Waals surface area contributed by atoms with Crippen molar-refractivity contribution in [1.82, 2.24) is 9.78 Å². The van der Waals surface area contributed by atoms with E-state index in [1.165, 1.54) is 0 Å². The fraction of sp³-hybridized carbons (Fsp3) is 0.357. The van der Waals surface area contributed by atoms with Crippen molar-refractivity contribution < 1.29 is 4.74 Å². The average molecular weight is 324 g/mol. The van der Waals surface area contributed by atoms with Crippen LogP contribution >= 0.6 is 15.9 Å². The zero-order chi connectivity index (χ0) is 13.8. The predicted molar refractivity (Wildman–Crippen MR) is 79.2 cm³/mol. The first kappa shape index (κ1) is 14.1. The van der Waals surface area contributed by atoms with Gasteiger partial charge < -0.3 is 10.5 Å². The third kappa shape index (κ3) is 3.36. The van der Waals surface area contributed by atoms with E-state index in [0.717, 1.165) is 15.9 Å². The maximum atomic E-state index is 6.21. The van der Waals surface area contributed by atoms with Gasteiger partial charge in [-0.2, -0.15) is 5.10 Å². The number of rotatable bonds is 5. The minimum atomic E-state index is -0.223. The molecule has 1 atom stereocenters. The predicted octanol–water partition coefficient (Wildman–Crippen LogP) is 3.31. The van der Waals surface area contributed by atoms with Crippen LogP contribution in [0.1, 0.15) is 31.6 Å². The summed E-state index contributed by atoms with van der Waals surface area (Å²) in [5.41, 5.74) is 7.17. The fourth-order valence-electron chi connectivity index (χ4n) is 1.89. The summed E-state index contributed by atoms with van der Waals surface area (Å²) in [6, 6.07) is 9.72. The van der Waals surface area contributed by atoms with Crippen LogP contribution in [0, 0.1) is 0 Å². The molecule has 5 heteroatoms. The highest BCUT2D eigenvalue weighted by molar-refractivity contribution is 9.10. The van der Waals surface area contributed by atoms with Crippen molar-refractivity contribution in [3.05, 3.63) is 46.7 Å². The summed E-state index contributed by atoms with van der Waals surface area (Å²) in [4.78, 5) is 0. The first-order chi connectivity index (χ1) is 9.09. The molecular formula is C14H18BrN3O. The molecule has 1 heterocycles. The van der Waals surface area contributed by atoms with Crippen molar-refractivity contribution in [3.63, 3.8) is 0 Å². The van der Waals surface area contributed by atoms with Crippen LogP contribution in [0.5, 0.6) is 5.75 Å². The number of benzene rings is 1. The first-order valence-corrected chi connectivity index (χ1v) is 7.05. The van der Waals surface area contributed by atoms with E-state index < -0.39 is 0 Å². The van der Waals surface area contributed by atoms with Crippen molar-refractivity contribution in [3.8, 4) is 5.75 Å². The second kappa shape index (κ2) is 6.21. The smallest absolute Gasteiger partial charge is 0.119 e. The molecule has 1 unspecified atom stereocenters. The molecule has 0 aliphatic rings. The van der Waals surface area contributed by atoms with Gasteiger partial charge in [0.05, 0.1) is 22.4 Å². The Hall–Kier alpha value is -1.33. The highest BCUT2D eigenvalue weighted by Crippen LogP contribution is 2.25. The molecule has 2 rings (SSSR count). The number of para-hydroxylation sites is 1. The summed E-state index contributed by atoms with van der Waals surface area (Å²) in [6.45, 7) is 4.57. The Morgan fingerprint density at radius 2 is 2.00 bits per heavy atom. The Labute approximate surface area is 121 Å². The molecule has 19 heavy (non-hydrogen) atoms. The van der Waals surface area contributed by atoms with Crippen LogP contribution in [0.25, 0.3) is 0 Å². The van der Waals surface area contributed by atoms with Gasteiger partial charge in [-0.05, 0) is 41.9 Å². The van der Waals surface area contributed by atoms with E-state index in [-0.39, 0.29) is 12.1 Å². The lowest BCUT2D eigenvalue weighted by Gasteiger charge is -2.18. The van der Waals surface area contributed by atoms with Crippen molar-refractivity contribution in [2.24, 2.45) is 5.73 Å². The van der Waals surface area contributed by atoms with Gasteiger partial charge in [0.1, 0.15) is 12.4 Å². The van der Waals surface area contributed by atoms with Crippen LogP contribution in [0.2, 0.25) is 0 Å². The van der Waals surface area contributed by atoms with Gasteiger partial charge in [0.15, 0.2) is 0 Å². The largest absolute Gasteiger partial charge is 0.492 e. The average Bonchev–Trinajstić information content (AvgIpc) is 2.79. The molecule has 1 aromatic heterocycles. The summed E-state index contributed by atoms with van der Waals surface area (Å²) >= 11 is 3.49. The van der Waals surface area contributed by atoms with E-state index in [1.807, 2.05) is 35.0 Å². The van der Waals surface area contributed by atoms with Gasteiger partial charge in [0, 0.05) is 6.04 Å².